The van der Waals surface area contributed by atoms with Crippen molar-refractivity contribution >= 4 is 11.9 Å². The van der Waals surface area contributed by atoms with Gasteiger partial charge in [-0.3, -0.25) is 9.59 Å². The van der Waals surface area contributed by atoms with E-state index in [0.29, 0.717) is 12.8 Å². The molecule has 2 aromatic rings. The summed E-state index contributed by atoms with van der Waals surface area (Å²) in [5, 5.41) is 0. The fraction of sp³-hybridized carbons (Fsp3) is 0.440. The van der Waals surface area contributed by atoms with E-state index in [1.165, 1.54) is 0 Å². The van der Waals surface area contributed by atoms with E-state index < -0.39 is 23.0 Å². The quantitative estimate of drug-likeness (QED) is 0.641. The molecule has 2 N–H and O–H groups in total. The molecule has 2 aromatic carbocycles. The Morgan fingerprint density at radius 1 is 0.933 bits per heavy atom. The number of rotatable bonds is 8. The predicted molar refractivity (Wildman–Crippen MR) is 119 cm³/mol. The molecular formula is C25H33NO4. The number of carbonyl (C=O) groups is 2. The zero-order valence-electron chi connectivity index (χ0n) is 18.6. The fourth-order valence-electron chi connectivity index (χ4n) is 3.26. The maximum atomic E-state index is 12.9. The van der Waals surface area contributed by atoms with E-state index in [9.17, 15) is 9.59 Å². The van der Waals surface area contributed by atoms with Crippen molar-refractivity contribution in [3.8, 4) is 11.1 Å². The first-order valence-electron chi connectivity index (χ1n) is 10.4. The van der Waals surface area contributed by atoms with Crippen LogP contribution in [0.2, 0.25) is 0 Å². The maximum absolute atomic E-state index is 12.9. The summed E-state index contributed by atoms with van der Waals surface area (Å²) >= 11 is 0. The van der Waals surface area contributed by atoms with Crippen LogP contribution in [0.15, 0.2) is 54.6 Å². The standard InChI is InChI=1S/C25H33NO4/c1-6-29-23(28)25(5,17-16-21(26)22(27)30-24(2,3)4)20-14-12-19(13-15-20)18-10-8-7-9-11-18/h7-15,21H,6,16-17,26H2,1-5H3. The van der Waals surface area contributed by atoms with Crippen molar-refractivity contribution < 1.29 is 19.1 Å². The monoisotopic (exact) mass is 411 g/mol. The lowest BCUT2D eigenvalue weighted by Crippen LogP contribution is -2.41. The highest BCUT2D eigenvalue weighted by atomic mass is 16.6. The molecule has 0 aromatic heterocycles. The van der Waals surface area contributed by atoms with Gasteiger partial charge < -0.3 is 15.2 Å². The van der Waals surface area contributed by atoms with E-state index in [0.717, 1.165) is 16.7 Å². The van der Waals surface area contributed by atoms with Crippen molar-refractivity contribution in [2.75, 3.05) is 6.61 Å². The Hall–Kier alpha value is -2.66. The van der Waals surface area contributed by atoms with Gasteiger partial charge >= 0.3 is 11.9 Å². The van der Waals surface area contributed by atoms with Crippen molar-refractivity contribution in [3.05, 3.63) is 60.2 Å². The first-order chi connectivity index (χ1) is 14.1. The first kappa shape index (κ1) is 23.6. The van der Waals surface area contributed by atoms with Crippen molar-refractivity contribution in [1.82, 2.24) is 0 Å². The minimum Gasteiger partial charge on any atom is -0.465 e. The van der Waals surface area contributed by atoms with Crippen LogP contribution in [0.5, 0.6) is 0 Å². The molecule has 2 atom stereocenters. The Balaban J connectivity index is 2.22. The number of esters is 2. The summed E-state index contributed by atoms with van der Waals surface area (Å²) in [6.07, 6.45) is 0.682. The van der Waals surface area contributed by atoms with E-state index in [1.807, 2.05) is 61.5 Å². The summed E-state index contributed by atoms with van der Waals surface area (Å²) in [4.78, 5) is 25.1. The Labute approximate surface area is 179 Å². The Morgan fingerprint density at radius 2 is 1.50 bits per heavy atom. The van der Waals surface area contributed by atoms with Gasteiger partial charge in [0.1, 0.15) is 11.6 Å². The zero-order valence-corrected chi connectivity index (χ0v) is 18.6. The molecule has 0 radical (unpaired) electrons. The molecule has 30 heavy (non-hydrogen) atoms. The molecule has 162 valence electrons. The van der Waals surface area contributed by atoms with Crippen LogP contribution in [0.4, 0.5) is 0 Å². The SMILES string of the molecule is CCOC(=O)C(C)(CCC(N)C(=O)OC(C)(C)C)c1ccc(-c2ccccc2)cc1. The van der Waals surface area contributed by atoms with Crippen LogP contribution in [-0.2, 0) is 24.5 Å². The second kappa shape index (κ2) is 9.90. The van der Waals surface area contributed by atoms with Gasteiger partial charge in [0.15, 0.2) is 0 Å². The van der Waals surface area contributed by atoms with Crippen LogP contribution >= 0.6 is 0 Å². The Bertz CT molecular complexity index is 840. The predicted octanol–water partition coefficient (Wildman–Crippen LogP) is 4.62. The van der Waals surface area contributed by atoms with Crippen molar-refractivity contribution in [2.24, 2.45) is 5.73 Å². The van der Waals surface area contributed by atoms with Gasteiger partial charge in [-0.2, -0.15) is 0 Å². The van der Waals surface area contributed by atoms with Gasteiger partial charge in [0, 0.05) is 0 Å². The number of ether oxygens (including phenoxy) is 2. The summed E-state index contributed by atoms with van der Waals surface area (Å²) in [6.45, 7) is 9.31. The van der Waals surface area contributed by atoms with Gasteiger partial charge in [-0.25, -0.2) is 0 Å². The fourth-order valence-corrected chi connectivity index (χ4v) is 3.26. The highest BCUT2D eigenvalue weighted by molar-refractivity contribution is 5.83. The largest absolute Gasteiger partial charge is 0.465 e. The van der Waals surface area contributed by atoms with Crippen molar-refractivity contribution in [3.63, 3.8) is 0 Å². The molecule has 0 aliphatic heterocycles. The van der Waals surface area contributed by atoms with Crippen LogP contribution in [-0.4, -0.2) is 30.2 Å². The molecule has 0 saturated heterocycles. The summed E-state index contributed by atoms with van der Waals surface area (Å²) in [6, 6.07) is 17.1. The van der Waals surface area contributed by atoms with Crippen LogP contribution in [0.1, 0.15) is 53.0 Å². The van der Waals surface area contributed by atoms with E-state index in [-0.39, 0.29) is 12.6 Å². The normalized spacial score (nSPS) is 14.5. The Morgan fingerprint density at radius 3 is 2.03 bits per heavy atom. The summed E-state index contributed by atoms with van der Waals surface area (Å²) in [5.41, 5.74) is 7.54. The van der Waals surface area contributed by atoms with Crippen molar-refractivity contribution in [2.45, 2.75) is 64.5 Å². The van der Waals surface area contributed by atoms with Gasteiger partial charge in [0.2, 0.25) is 0 Å². The molecule has 0 fully saturated rings. The smallest absolute Gasteiger partial charge is 0.323 e. The molecule has 0 amide bonds. The topological polar surface area (TPSA) is 78.6 Å². The zero-order chi connectivity index (χ0) is 22.4. The first-order valence-corrected chi connectivity index (χ1v) is 10.4. The number of benzene rings is 2. The van der Waals surface area contributed by atoms with Crippen molar-refractivity contribution in [1.29, 1.82) is 0 Å². The lowest BCUT2D eigenvalue weighted by Gasteiger charge is -2.29. The van der Waals surface area contributed by atoms with Gasteiger partial charge in [-0.05, 0) is 64.2 Å². The number of hydrogen-bond donors (Lipinski definition) is 1. The Kier molecular flexibility index (Phi) is 7.79. The number of carbonyl (C=O) groups excluding carboxylic acids is 2. The lowest BCUT2D eigenvalue weighted by molar-refractivity contribution is -0.157. The molecule has 5 heteroatoms. The van der Waals surface area contributed by atoms with Crippen LogP contribution < -0.4 is 5.73 Å². The molecule has 2 rings (SSSR count). The molecule has 0 heterocycles. The average molecular weight is 412 g/mol. The minimum atomic E-state index is -0.912. The summed E-state index contributed by atoms with van der Waals surface area (Å²) < 4.78 is 10.7. The van der Waals surface area contributed by atoms with Gasteiger partial charge in [-0.1, -0.05) is 54.6 Å². The molecule has 5 nitrogen and oxygen atoms in total. The van der Waals surface area contributed by atoms with Gasteiger partial charge in [0.25, 0.3) is 0 Å². The highest BCUT2D eigenvalue weighted by Crippen LogP contribution is 2.33. The molecule has 0 saturated carbocycles. The van der Waals surface area contributed by atoms with Crippen LogP contribution in [0, 0.1) is 0 Å². The molecule has 0 aliphatic rings. The van der Waals surface area contributed by atoms with Gasteiger partial charge in [-0.15, -0.1) is 0 Å². The van der Waals surface area contributed by atoms with Gasteiger partial charge in [0.05, 0.1) is 12.0 Å². The summed E-state index contributed by atoms with van der Waals surface area (Å²) in [7, 11) is 0. The van der Waals surface area contributed by atoms with Crippen LogP contribution in [0.25, 0.3) is 11.1 Å². The maximum Gasteiger partial charge on any atom is 0.323 e. The average Bonchev–Trinajstić information content (AvgIpc) is 2.71. The molecule has 0 bridgehead atoms. The molecule has 0 spiro atoms. The lowest BCUT2D eigenvalue weighted by atomic mass is 9.77. The second-order valence-corrected chi connectivity index (χ2v) is 8.67. The summed E-state index contributed by atoms with van der Waals surface area (Å²) in [5.74, 6) is -0.790. The second-order valence-electron chi connectivity index (χ2n) is 8.67. The molecular weight excluding hydrogens is 378 g/mol. The number of nitrogens with two attached hydrogens (primary N) is 1. The third-order valence-electron chi connectivity index (χ3n) is 5.02. The highest BCUT2D eigenvalue weighted by Gasteiger charge is 2.38. The third-order valence-corrected chi connectivity index (χ3v) is 5.02. The number of hydrogen-bond acceptors (Lipinski definition) is 5. The minimum absolute atomic E-state index is 0.286. The molecule has 2 unspecified atom stereocenters. The van der Waals surface area contributed by atoms with E-state index in [2.05, 4.69) is 0 Å². The van der Waals surface area contributed by atoms with E-state index in [1.54, 1.807) is 27.7 Å². The van der Waals surface area contributed by atoms with Crippen LogP contribution in [0.3, 0.4) is 0 Å². The van der Waals surface area contributed by atoms with E-state index in [4.69, 9.17) is 15.2 Å². The van der Waals surface area contributed by atoms with E-state index >= 15 is 0 Å². The molecule has 0 aliphatic carbocycles. The third kappa shape index (κ3) is 6.17.